The summed E-state index contributed by atoms with van der Waals surface area (Å²) in [4.78, 5) is 48.7. The van der Waals surface area contributed by atoms with Gasteiger partial charge in [-0.25, -0.2) is 19.2 Å². The molecule has 4 aromatic carbocycles. The maximum absolute atomic E-state index is 12.6. The van der Waals surface area contributed by atoms with Gasteiger partial charge in [-0.05, 0) is 105 Å². The van der Waals surface area contributed by atoms with Gasteiger partial charge in [0.1, 0.15) is 17.1 Å². The highest BCUT2D eigenvalue weighted by atomic mass is 16.6. The monoisotopic (exact) mass is 552 g/mol. The summed E-state index contributed by atoms with van der Waals surface area (Å²) >= 11 is 0. The average molecular weight is 553 g/mol. The van der Waals surface area contributed by atoms with E-state index in [0.29, 0.717) is 33.8 Å². The third-order valence-electron chi connectivity index (χ3n) is 5.76. The third-order valence-corrected chi connectivity index (χ3v) is 5.76. The van der Waals surface area contributed by atoms with E-state index in [1.807, 2.05) is 0 Å². The Hall–Kier alpha value is -5.24. The fraction of sp³-hybridized carbons (Fsp3) is 0.152. The van der Waals surface area contributed by atoms with Gasteiger partial charge in [0.15, 0.2) is 0 Å². The van der Waals surface area contributed by atoms with Crippen molar-refractivity contribution in [3.8, 4) is 22.6 Å². The molecule has 0 amide bonds. The quantitative estimate of drug-likeness (QED) is 0.188. The molecule has 0 aliphatic heterocycles. The first-order chi connectivity index (χ1) is 19.5. The van der Waals surface area contributed by atoms with Crippen molar-refractivity contribution in [2.45, 2.75) is 26.4 Å². The first-order valence-corrected chi connectivity index (χ1v) is 12.7. The molecule has 8 nitrogen and oxygen atoms in total. The van der Waals surface area contributed by atoms with Crippen molar-refractivity contribution < 1.29 is 38.1 Å². The van der Waals surface area contributed by atoms with Gasteiger partial charge in [-0.2, -0.15) is 0 Å². The molecule has 0 aliphatic carbocycles. The van der Waals surface area contributed by atoms with E-state index >= 15 is 0 Å². The van der Waals surface area contributed by atoms with Gasteiger partial charge in [-0.1, -0.05) is 24.3 Å². The van der Waals surface area contributed by atoms with Crippen LogP contribution in [0.25, 0.3) is 11.1 Å². The van der Waals surface area contributed by atoms with Gasteiger partial charge in [0.05, 0.1) is 29.4 Å². The zero-order valence-corrected chi connectivity index (χ0v) is 23.0. The third kappa shape index (κ3) is 7.67. The Morgan fingerprint density at radius 1 is 0.463 bits per heavy atom. The highest BCUT2D eigenvalue weighted by Gasteiger charge is 2.18. The minimum atomic E-state index is -0.613. The van der Waals surface area contributed by atoms with Crippen LogP contribution in [0.5, 0.6) is 11.5 Å². The molecule has 4 rings (SSSR count). The van der Waals surface area contributed by atoms with Crippen molar-refractivity contribution >= 4 is 23.9 Å². The SMILES string of the molecule is COC(=O)c1ccc(C(=O)Oc2ccc(-c3ccc(OC(=O)c4ccc(C(=O)OC(C)(C)C)cc4)cc3)cc2)cc1. The molecule has 0 unspecified atom stereocenters. The minimum Gasteiger partial charge on any atom is -0.465 e. The number of methoxy groups -OCH3 is 1. The second-order valence-electron chi connectivity index (χ2n) is 9.98. The Bertz CT molecular complexity index is 1540. The van der Waals surface area contributed by atoms with Gasteiger partial charge in [-0.15, -0.1) is 0 Å². The average Bonchev–Trinajstić information content (AvgIpc) is 2.97. The van der Waals surface area contributed by atoms with Crippen LogP contribution in [0, 0.1) is 0 Å². The lowest BCUT2D eigenvalue weighted by Gasteiger charge is -2.19. The zero-order chi connectivity index (χ0) is 29.6. The van der Waals surface area contributed by atoms with E-state index in [1.165, 1.54) is 55.6 Å². The van der Waals surface area contributed by atoms with Crippen molar-refractivity contribution in [2.75, 3.05) is 7.11 Å². The van der Waals surface area contributed by atoms with Crippen molar-refractivity contribution in [2.24, 2.45) is 0 Å². The van der Waals surface area contributed by atoms with Gasteiger partial charge in [0, 0.05) is 0 Å². The molecule has 208 valence electrons. The summed E-state index contributed by atoms with van der Waals surface area (Å²) in [5.74, 6) is -1.35. The standard InChI is InChI=1S/C33H28O8/c1-33(2,3)41-32(37)26-11-9-25(10-12-26)31(36)40-28-19-15-22(16-20-28)21-13-17-27(18-14-21)39-30(35)24-7-5-23(6-8-24)29(34)38-4/h5-20H,1-4H3. The maximum Gasteiger partial charge on any atom is 0.343 e. The molecule has 0 saturated heterocycles. The van der Waals surface area contributed by atoms with Crippen molar-refractivity contribution in [1.29, 1.82) is 0 Å². The lowest BCUT2D eigenvalue weighted by Crippen LogP contribution is -2.23. The zero-order valence-electron chi connectivity index (χ0n) is 23.0. The number of ether oxygens (including phenoxy) is 4. The van der Waals surface area contributed by atoms with E-state index < -0.39 is 29.5 Å². The van der Waals surface area contributed by atoms with E-state index in [4.69, 9.17) is 14.2 Å². The van der Waals surface area contributed by atoms with Crippen LogP contribution in [-0.4, -0.2) is 36.6 Å². The van der Waals surface area contributed by atoms with Crippen LogP contribution in [0.1, 0.15) is 62.2 Å². The smallest absolute Gasteiger partial charge is 0.343 e. The van der Waals surface area contributed by atoms with Gasteiger partial charge in [0.2, 0.25) is 0 Å². The lowest BCUT2D eigenvalue weighted by molar-refractivity contribution is 0.00688. The predicted octanol–water partition coefficient (Wildman–Crippen LogP) is 6.53. The minimum absolute atomic E-state index is 0.297. The Labute approximate surface area is 237 Å². The number of carbonyl (C=O) groups excluding carboxylic acids is 4. The molecule has 0 spiro atoms. The molecule has 0 atom stereocenters. The summed E-state index contributed by atoms with van der Waals surface area (Å²) in [6.45, 7) is 5.35. The second-order valence-corrected chi connectivity index (χ2v) is 9.98. The van der Waals surface area contributed by atoms with Crippen LogP contribution in [0.15, 0.2) is 97.1 Å². The molecule has 8 heteroatoms. The molecule has 0 aliphatic rings. The summed E-state index contributed by atoms with van der Waals surface area (Å²) in [6, 6.07) is 26.0. The first-order valence-electron chi connectivity index (χ1n) is 12.7. The number of benzene rings is 4. The molecule has 0 saturated carbocycles. The fourth-order valence-electron chi connectivity index (χ4n) is 3.70. The van der Waals surface area contributed by atoms with Gasteiger partial charge in [-0.3, -0.25) is 0 Å². The first kappa shape index (κ1) is 28.8. The number of carbonyl (C=O) groups is 4. The Morgan fingerprint density at radius 2 is 0.780 bits per heavy atom. The molecule has 0 heterocycles. The summed E-state index contributed by atoms with van der Waals surface area (Å²) < 4.78 is 20.9. The summed E-state index contributed by atoms with van der Waals surface area (Å²) in [5.41, 5.74) is 2.39. The van der Waals surface area contributed by atoms with Crippen LogP contribution in [0.2, 0.25) is 0 Å². The molecular weight excluding hydrogens is 524 g/mol. The highest BCUT2D eigenvalue weighted by Crippen LogP contribution is 2.26. The van der Waals surface area contributed by atoms with Gasteiger partial charge >= 0.3 is 23.9 Å². The maximum atomic E-state index is 12.6. The molecule has 4 aromatic rings. The van der Waals surface area contributed by atoms with Crippen LogP contribution in [-0.2, 0) is 9.47 Å². The molecule has 41 heavy (non-hydrogen) atoms. The number of hydrogen-bond donors (Lipinski definition) is 0. The topological polar surface area (TPSA) is 105 Å². The molecule has 0 N–H and O–H groups in total. The van der Waals surface area contributed by atoms with E-state index in [9.17, 15) is 19.2 Å². The lowest BCUT2D eigenvalue weighted by atomic mass is 10.1. The van der Waals surface area contributed by atoms with E-state index in [1.54, 1.807) is 69.3 Å². The molecular formula is C33H28O8. The Kier molecular flexibility index (Phi) is 8.63. The summed E-state index contributed by atoms with van der Waals surface area (Å²) in [7, 11) is 1.29. The van der Waals surface area contributed by atoms with Crippen molar-refractivity contribution in [1.82, 2.24) is 0 Å². The van der Waals surface area contributed by atoms with Crippen LogP contribution >= 0.6 is 0 Å². The summed E-state index contributed by atoms with van der Waals surface area (Å²) in [5, 5.41) is 0. The van der Waals surface area contributed by atoms with E-state index in [2.05, 4.69) is 4.74 Å². The van der Waals surface area contributed by atoms with Crippen LogP contribution in [0.4, 0.5) is 0 Å². The van der Waals surface area contributed by atoms with Gasteiger partial charge < -0.3 is 18.9 Å². The number of hydrogen-bond acceptors (Lipinski definition) is 8. The van der Waals surface area contributed by atoms with Crippen LogP contribution in [0.3, 0.4) is 0 Å². The Balaban J connectivity index is 1.34. The Morgan fingerprint density at radius 3 is 1.10 bits per heavy atom. The normalized spacial score (nSPS) is 10.8. The van der Waals surface area contributed by atoms with E-state index in [-0.39, 0.29) is 0 Å². The fourth-order valence-corrected chi connectivity index (χ4v) is 3.70. The number of rotatable bonds is 7. The van der Waals surface area contributed by atoms with Crippen molar-refractivity contribution in [3.05, 3.63) is 119 Å². The molecule has 0 bridgehead atoms. The van der Waals surface area contributed by atoms with Crippen LogP contribution < -0.4 is 9.47 Å². The largest absolute Gasteiger partial charge is 0.465 e. The summed E-state index contributed by atoms with van der Waals surface area (Å²) in [6.07, 6.45) is 0. The molecule has 0 fully saturated rings. The number of esters is 4. The molecule has 0 radical (unpaired) electrons. The molecule has 0 aromatic heterocycles. The highest BCUT2D eigenvalue weighted by molar-refractivity contribution is 5.95. The van der Waals surface area contributed by atoms with Crippen molar-refractivity contribution in [3.63, 3.8) is 0 Å². The second kappa shape index (κ2) is 12.3. The predicted molar refractivity (Wildman–Crippen MR) is 151 cm³/mol. The van der Waals surface area contributed by atoms with E-state index in [0.717, 1.165) is 11.1 Å². The van der Waals surface area contributed by atoms with Gasteiger partial charge in [0.25, 0.3) is 0 Å².